The monoisotopic (exact) mass is 263 g/mol. The lowest BCUT2D eigenvalue weighted by molar-refractivity contribution is -0.0238. The summed E-state index contributed by atoms with van der Waals surface area (Å²) in [7, 11) is 0. The average molecular weight is 263 g/mol. The van der Waals surface area contributed by atoms with Gasteiger partial charge in [-0.1, -0.05) is 20.8 Å². The summed E-state index contributed by atoms with van der Waals surface area (Å²) in [4.78, 5) is 0. The van der Waals surface area contributed by atoms with Gasteiger partial charge >= 0.3 is 0 Å². The number of rotatable bonds is 0. The molecule has 3 heteroatoms. The number of hydrogen-bond donors (Lipinski definition) is 1. The van der Waals surface area contributed by atoms with Gasteiger partial charge in [-0.2, -0.15) is 6.26 Å². The van der Waals surface area contributed by atoms with Crippen molar-refractivity contribution in [3.63, 3.8) is 0 Å². The molecule has 0 radical (unpaired) electrons. The zero-order chi connectivity index (χ0) is 14.7. The van der Waals surface area contributed by atoms with E-state index in [4.69, 9.17) is 4.74 Å². The largest absolute Gasteiger partial charge is 0.796 e. The van der Waals surface area contributed by atoms with Crippen molar-refractivity contribution in [1.29, 1.82) is 0 Å². The van der Waals surface area contributed by atoms with E-state index in [9.17, 15) is 5.11 Å². The van der Waals surface area contributed by atoms with Gasteiger partial charge in [-0.15, -0.1) is 0 Å². The van der Waals surface area contributed by atoms with Crippen LogP contribution >= 0.6 is 0 Å². The summed E-state index contributed by atoms with van der Waals surface area (Å²) in [6.07, 6.45) is 1.58. The van der Waals surface area contributed by atoms with Crippen LogP contribution in [0.5, 0.6) is 0 Å². The van der Waals surface area contributed by atoms with Crippen molar-refractivity contribution in [3.8, 4) is 0 Å². The zero-order valence-electron chi connectivity index (χ0n) is 13.3. The van der Waals surface area contributed by atoms with Crippen LogP contribution in [-0.4, -0.2) is 28.2 Å². The molecule has 17 heavy (non-hydrogen) atoms. The second kappa shape index (κ2) is 5.94. The highest BCUT2D eigenvalue weighted by molar-refractivity contribution is 7.57. The average Bonchev–Trinajstić information content (AvgIpc) is 2.48. The van der Waals surface area contributed by atoms with Crippen molar-refractivity contribution in [2.45, 2.75) is 79.1 Å². The van der Waals surface area contributed by atoms with Crippen molar-refractivity contribution < 1.29 is 9.84 Å². The van der Waals surface area contributed by atoms with E-state index in [1.165, 1.54) is 0 Å². The van der Waals surface area contributed by atoms with Gasteiger partial charge in [0.05, 0.1) is 16.8 Å². The Morgan fingerprint density at radius 3 is 0.941 bits per heavy atom. The van der Waals surface area contributed by atoms with Gasteiger partial charge in [0.1, 0.15) is 0 Å². The molecule has 0 unspecified atom stereocenters. The molecule has 0 aliphatic carbocycles. The highest BCUT2D eigenvalue weighted by Gasteiger charge is 2.55. The smallest absolute Gasteiger partial charge is 0.0918 e. The summed E-state index contributed by atoms with van der Waals surface area (Å²) >= 11 is 4.08. The molecule has 0 bridgehead atoms. The SMILES string of the molecule is CC(C)(C)C(C)(C)O.CC1(C)OC1(C)C.C[S-]. The van der Waals surface area contributed by atoms with E-state index >= 15 is 0 Å². The molecule has 0 aromatic rings. The fourth-order valence-electron chi connectivity index (χ4n) is 0.612. The van der Waals surface area contributed by atoms with Gasteiger partial charge in [0.15, 0.2) is 0 Å². The summed E-state index contributed by atoms with van der Waals surface area (Å²) < 4.78 is 5.29. The Balaban J connectivity index is 0. The van der Waals surface area contributed by atoms with E-state index in [2.05, 4.69) is 40.3 Å². The molecule has 1 heterocycles. The van der Waals surface area contributed by atoms with Gasteiger partial charge in [0.2, 0.25) is 0 Å². The standard InChI is InChI=1S/C7H16O.C6H12O.CH4S/c1-6(2,3)7(4,5)8;1-5(2)6(3,4)7-5;1-2/h8H,1-5H3;1-4H3;2H,1H3/p-1. The maximum Gasteiger partial charge on any atom is 0.0918 e. The highest BCUT2D eigenvalue weighted by Crippen LogP contribution is 2.46. The van der Waals surface area contributed by atoms with Crippen LogP contribution < -0.4 is 0 Å². The van der Waals surface area contributed by atoms with Crippen LogP contribution in [0.15, 0.2) is 0 Å². The summed E-state index contributed by atoms with van der Waals surface area (Å²) in [6, 6.07) is 0. The third-order valence-corrected chi connectivity index (χ3v) is 3.75. The number of ether oxygens (including phenoxy) is 1. The Labute approximate surface area is 114 Å². The van der Waals surface area contributed by atoms with Gasteiger partial charge in [0, 0.05) is 0 Å². The predicted molar refractivity (Wildman–Crippen MR) is 78.3 cm³/mol. The van der Waals surface area contributed by atoms with Crippen LogP contribution in [0.25, 0.3) is 0 Å². The Bertz CT molecular complexity index is 195. The van der Waals surface area contributed by atoms with Crippen molar-refractivity contribution >= 4 is 12.6 Å². The Kier molecular flexibility index (Phi) is 6.85. The van der Waals surface area contributed by atoms with Crippen LogP contribution in [0.2, 0.25) is 0 Å². The van der Waals surface area contributed by atoms with E-state index < -0.39 is 5.60 Å². The Morgan fingerprint density at radius 2 is 0.941 bits per heavy atom. The van der Waals surface area contributed by atoms with Crippen molar-refractivity contribution in [1.82, 2.24) is 0 Å². The molecular weight excluding hydrogens is 232 g/mol. The molecule has 1 rings (SSSR count). The van der Waals surface area contributed by atoms with Crippen molar-refractivity contribution in [2.24, 2.45) is 5.41 Å². The molecule has 106 valence electrons. The normalized spacial score (nSPS) is 20.5. The molecule has 1 aliphatic rings. The van der Waals surface area contributed by atoms with Gasteiger partial charge in [-0.25, -0.2) is 0 Å². The molecule has 0 aromatic carbocycles. The minimum atomic E-state index is -0.562. The number of epoxide rings is 1. The van der Waals surface area contributed by atoms with Crippen LogP contribution in [0.4, 0.5) is 0 Å². The second-order valence-corrected chi connectivity index (χ2v) is 6.93. The number of hydrogen-bond acceptors (Lipinski definition) is 3. The third kappa shape index (κ3) is 6.68. The van der Waals surface area contributed by atoms with E-state index in [0.29, 0.717) is 0 Å². The quantitative estimate of drug-likeness (QED) is 0.536. The Hall–Kier alpha value is 0.270. The maximum absolute atomic E-state index is 9.35. The third-order valence-electron chi connectivity index (χ3n) is 3.75. The van der Waals surface area contributed by atoms with Crippen LogP contribution in [0.3, 0.4) is 0 Å². The summed E-state index contributed by atoms with van der Waals surface area (Å²) in [5, 5.41) is 9.35. The molecule has 0 atom stereocenters. The van der Waals surface area contributed by atoms with E-state index in [0.717, 1.165) is 0 Å². The lowest BCUT2D eigenvalue weighted by Gasteiger charge is -2.33. The molecule has 0 saturated carbocycles. The summed E-state index contributed by atoms with van der Waals surface area (Å²) in [6.45, 7) is 18.1. The fraction of sp³-hybridized carbons (Fsp3) is 1.00. The molecule has 1 fully saturated rings. The topological polar surface area (TPSA) is 32.8 Å². The van der Waals surface area contributed by atoms with Crippen LogP contribution in [-0.2, 0) is 17.4 Å². The first-order valence-corrected chi connectivity index (χ1v) is 6.86. The molecule has 0 amide bonds. The molecule has 0 aromatic heterocycles. The summed E-state index contributed by atoms with van der Waals surface area (Å²) in [5.41, 5.74) is -0.278. The molecule has 2 nitrogen and oxygen atoms in total. The molecule has 1 N–H and O–H groups in total. The molecule has 0 spiro atoms. The first kappa shape index (κ1) is 19.6. The zero-order valence-corrected chi connectivity index (χ0v) is 14.1. The van der Waals surface area contributed by atoms with Gasteiger partial charge in [0.25, 0.3) is 0 Å². The van der Waals surface area contributed by atoms with Gasteiger partial charge in [-0.05, 0) is 47.0 Å². The van der Waals surface area contributed by atoms with E-state index in [-0.39, 0.29) is 16.6 Å². The molecule has 1 aliphatic heterocycles. The van der Waals surface area contributed by atoms with E-state index in [1.54, 1.807) is 6.26 Å². The van der Waals surface area contributed by atoms with E-state index in [1.807, 2.05) is 34.6 Å². The predicted octanol–water partition coefficient (Wildman–Crippen LogP) is 3.54. The van der Waals surface area contributed by atoms with Crippen LogP contribution in [0.1, 0.15) is 62.3 Å². The van der Waals surface area contributed by atoms with Crippen molar-refractivity contribution in [3.05, 3.63) is 0 Å². The highest BCUT2D eigenvalue weighted by atomic mass is 32.1. The van der Waals surface area contributed by atoms with Gasteiger partial charge < -0.3 is 22.5 Å². The minimum Gasteiger partial charge on any atom is -0.796 e. The summed E-state index contributed by atoms with van der Waals surface area (Å²) in [5.74, 6) is 0. The lowest BCUT2D eigenvalue weighted by Crippen LogP contribution is -2.35. The Morgan fingerprint density at radius 1 is 0.824 bits per heavy atom. The lowest BCUT2D eigenvalue weighted by atomic mass is 9.79. The fourth-order valence-corrected chi connectivity index (χ4v) is 0.612. The van der Waals surface area contributed by atoms with Crippen LogP contribution in [0, 0.1) is 5.41 Å². The maximum atomic E-state index is 9.35. The van der Waals surface area contributed by atoms with Crippen molar-refractivity contribution in [2.75, 3.05) is 6.26 Å². The first-order chi connectivity index (χ1) is 7.21. The van der Waals surface area contributed by atoms with Gasteiger partial charge in [-0.3, -0.25) is 0 Å². The molecule has 1 saturated heterocycles. The molecular formula is C14H31O2S-. The first-order valence-electron chi connectivity index (χ1n) is 6.04. The minimum absolute atomic E-state index is 0.00694. The second-order valence-electron chi connectivity index (χ2n) is 6.93. The number of aliphatic hydroxyl groups is 1.